The van der Waals surface area contributed by atoms with Crippen molar-refractivity contribution in [2.45, 2.75) is 32.7 Å². The standard InChI is InChI=1S/C20H28N2/c1-18-8-7-12-20(16-18)17-22-15-14-21-13-6-5-11-19-9-3-2-4-10-19/h2-4,7-10,12,16,21-22H,5-6,11,13-15,17H2,1H3. The third-order valence-electron chi connectivity index (χ3n) is 3.80. The fraction of sp³-hybridized carbons (Fsp3) is 0.400. The predicted molar refractivity (Wildman–Crippen MR) is 95.1 cm³/mol. The lowest BCUT2D eigenvalue weighted by atomic mass is 10.1. The molecule has 0 heterocycles. The molecule has 0 aliphatic heterocycles. The van der Waals surface area contributed by atoms with Gasteiger partial charge in [-0.3, -0.25) is 0 Å². The molecule has 0 radical (unpaired) electrons. The minimum Gasteiger partial charge on any atom is -0.315 e. The molecular formula is C20H28N2. The van der Waals surface area contributed by atoms with Gasteiger partial charge in [-0.05, 0) is 43.9 Å². The molecule has 118 valence electrons. The molecule has 0 saturated heterocycles. The Morgan fingerprint density at radius 3 is 2.32 bits per heavy atom. The zero-order valence-corrected chi connectivity index (χ0v) is 13.6. The largest absolute Gasteiger partial charge is 0.315 e. The van der Waals surface area contributed by atoms with Crippen molar-refractivity contribution in [3.8, 4) is 0 Å². The number of unbranched alkanes of at least 4 members (excludes halogenated alkanes) is 1. The number of benzene rings is 2. The van der Waals surface area contributed by atoms with E-state index in [4.69, 9.17) is 0 Å². The number of aryl methyl sites for hydroxylation is 2. The van der Waals surface area contributed by atoms with Crippen LogP contribution in [0.5, 0.6) is 0 Å². The van der Waals surface area contributed by atoms with Gasteiger partial charge in [0.05, 0.1) is 0 Å². The van der Waals surface area contributed by atoms with Gasteiger partial charge in [0.25, 0.3) is 0 Å². The van der Waals surface area contributed by atoms with E-state index in [2.05, 4.69) is 72.2 Å². The maximum absolute atomic E-state index is 3.51. The molecular weight excluding hydrogens is 268 g/mol. The van der Waals surface area contributed by atoms with E-state index in [0.717, 1.165) is 26.2 Å². The molecule has 2 rings (SSSR count). The lowest BCUT2D eigenvalue weighted by Gasteiger charge is -2.07. The van der Waals surface area contributed by atoms with Crippen molar-refractivity contribution >= 4 is 0 Å². The first-order valence-corrected chi connectivity index (χ1v) is 8.35. The Balaban J connectivity index is 1.43. The van der Waals surface area contributed by atoms with Crippen LogP contribution in [0.3, 0.4) is 0 Å². The Morgan fingerprint density at radius 2 is 1.50 bits per heavy atom. The molecule has 0 fully saturated rings. The molecule has 0 aromatic heterocycles. The zero-order chi connectivity index (χ0) is 15.5. The van der Waals surface area contributed by atoms with Gasteiger partial charge in [0.1, 0.15) is 0 Å². The van der Waals surface area contributed by atoms with E-state index in [1.807, 2.05) is 0 Å². The molecule has 2 aromatic carbocycles. The van der Waals surface area contributed by atoms with Crippen LogP contribution in [0.4, 0.5) is 0 Å². The highest BCUT2D eigenvalue weighted by Gasteiger charge is 1.94. The quantitative estimate of drug-likeness (QED) is 0.653. The highest BCUT2D eigenvalue weighted by Crippen LogP contribution is 2.04. The summed E-state index contributed by atoms with van der Waals surface area (Å²) in [6.45, 7) is 6.26. The number of hydrogen-bond acceptors (Lipinski definition) is 2. The van der Waals surface area contributed by atoms with Crippen LogP contribution < -0.4 is 10.6 Å². The fourth-order valence-electron chi connectivity index (χ4n) is 2.58. The molecule has 0 spiro atoms. The molecule has 2 heteroatoms. The molecule has 2 aromatic rings. The van der Waals surface area contributed by atoms with Crippen molar-refractivity contribution in [2.75, 3.05) is 19.6 Å². The smallest absolute Gasteiger partial charge is 0.0206 e. The fourth-order valence-corrected chi connectivity index (χ4v) is 2.58. The minimum atomic E-state index is 0.956. The first-order chi connectivity index (χ1) is 10.8. The highest BCUT2D eigenvalue weighted by atomic mass is 14.9. The summed E-state index contributed by atoms with van der Waals surface area (Å²) < 4.78 is 0. The SMILES string of the molecule is Cc1cccc(CNCCNCCCCc2ccccc2)c1. The molecule has 0 bridgehead atoms. The van der Waals surface area contributed by atoms with Gasteiger partial charge in [-0.15, -0.1) is 0 Å². The van der Waals surface area contributed by atoms with E-state index in [1.54, 1.807) is 0 Å². The van der Waals surface area contributed by atoms with Gasteiger partial charge in [-0.25, -0.2) is 0 Å². The average molecular weight is 296 g/mol. The molecule has 2 nitrogen and oxygen atoms in total. The van der Waals surface area contributed by atoms with Crippen LogP contribution in [0.2, 0.25) is 0 Å². The van der Waals surface area contributed by atoms with Crippen molar-refractivity contribution in [2.24, 2.45) is 0 Å². The molecule has 22 heavy (non-hydrogen) atoms. The van der Waals surface area contributed by atoms with E-state index in [1.165, 1.54) is 36.0 Å². The summed E-state index contributed by atoms with van der Waals surface area (Å²) in [7, 11) is 0. The molecule has 0 aliphatic rings. The summed E-state index contributed by atoms with van der Waals surface area (Å²) >= 11 is 0. The lowest BCUT2D eigenvalue weighted by molar-refractivity contribution is 0.584. The lowest BCUT2D eigenvalue weighted by Crippen LogP contribution is -2.27. The van der Waals surface area contributed by atoms with Gasteiger partial charge in [0.2, 0.25) is 0 Å². The van der Waals surface area contributed by atoms with Gasteiger partial charge in [-0.2, -0.15) is 0 Å². The van der Waals surface area contributed by atoms with Crippen molar-refractivity contribution in [3.05, 3.63) is 71.3 Å². The van der Waals surface area contributed by atoms with E-state index in [0.29, 0.717) is 0 Å². The van der Waals surface area contributed by atoms with E-state index < -0.39 is 0 Å². The second-order valence-electron chi connectivity index (χ2n) is 5.86. The zero-order valence-electron chi connectivity index (χ0n) is 13.6. The molecule has 0 aliphatic carbocycles. The first-order valence-electron chi connectivity index (χ1n) is 8.35. The Morgan fingerprint density at radius 1 is 0.727 bits per heavy atom. The third kappa shape index (κ3) is 6.88. The number of nitrogens with one attached hydrogen (secondary N) is 2. The van der Waals surface area contributed by atoms with Gasteiger partial charge < -0.3 is 10.6 Å². The van der Waals surface area contributed by atoms with E-state index in [-0.39, 0.29) is 0 Å². The second kappa shape index (κ2) is 10.1. The monoisotopic (exact) mass is 296 g/mol. The summed E-state index contributed by atoms with van der Waals surface area (Å²) in [6.07, 6.45) is 3.69. The van der Waals surface area contributed by atoms with Crippen molar-refractivity contribution in [1.29, 1.82) is 0 Å². The Hall–Kier alpha value is -1.64. The summed E-state index contributed by atoms with van der Waals surface area (Å²) in [5.41, 5.74) is 4.14. The molecule has 2 N–H and O–H groups in total. The van der Waals surface area contributed by atoms with Gasteiger partial charge in [0, 0.05) is 19.6 Å². The van der Waals surface area contributed by atoms with Crippen LogP contribution in [0, 0.1) is 6.92 Å². The minimum absolute atomic E-state index is 0.956. The number of hydrogen-bond donors (Lipinski definition) is 2. The Kier molecular flexibility index (Phi) is 7.71. The summed E-state index contributed by atoms with van der Waals surface area (Å²) in [4.78, 5) is 0. The topological polar surface area (TPSA) is 24.1 Å². The molecule has 0 unspecified atom stereocenters. The first kappa shape index (κ1) is 16.7. The molecule has 0 saturated carbocycles. The van der Waals surface area contributed by atoms with Gasteiger partial charge >= 0.3 is 0 Å². The molecule has 0 amide bonds. The second-order valence-corrected chi connectivity index (χ2v) is 5.86. The highest BCUT2D eigenvalue weighted by molar-refractivity contribution is 5.21. The van der Waals surface area contributed by atoms with Crippen LogP contribution in [-0.2, 0) is 13.0 Å². The maximum atomic E-state index is 3.51. The van der Waals surface area contributed by atoms with Crippen LogP contribution in [0.1, 0.15) is 29.5 Å². The average Bonchev–Trinajstić information content (AvgIpc) is 2.54. The van der Waals surface area contributed by atoms with E-state index in [9.17, 15) is 0 Å². The van der Waals surface area contributed by atoms with Crippen molar-refractivity contribution in [3.63, 3.8) is 0 Å². The summed E-state index contributed by atoms with van der Waals surface area (Å²) in [5, 5.41) is 6.99. The Labute approximate surface area is 135 Å². The number of rotatable bonds is 10. The summed E-state index contributed by atoms with van der Waals surface area (Å²) in [6, 6.07) is 19.4. The van der Waals surface area contributed by atoms with Gasteiger partial charge in [-0.1, -0.05) is 60.2 Å². The van der Waals surface area contributed by atoms with E-state index >= 15 is 0 Å². The van der Waals surface area contributed by atoms with Crippen LogP contribution in [-0.4, -0.2) is 19.6 Å². The van der Waals surface area contributed by atoms with Crippen molar-refractivity contribution in [1.82, 2.24) is 10.6 Å². The summed E-state index contributed by atoms with van der Waals surface area (Å²) in [5.74, 6) is 0. The van der Waals surface area contributed by atoms with Crippen LogP contribution >= 0.6 is 0 Å². The third-order valence-corrected chi connectivity index (χ3v) is 3.80. The van der Waals surface area contributed by atoms with Crippen molar-refractivity contribution < 1.29 is 0 Å². The normalized spacial score (nSPS) is 10.8. The van der Waals surface area contributed by atoms with Crippen LogP contribution in [0.25, 0.3) is 0 Å². The predicted octanol–water partition coefficient (Wildman–Crippen LogP) is 3.70. The molecule has 0 atom stereocenters. The van der Waals surface area contributed by atoms with Crippen LogP contribution in [0.15, 0.2) is 54.6 Å². The van der Waals surface area contributed by atoms with Gasteiger partial charge in [0.15, 0.2) is 0 Å². The maximum Gasteiger partial charge on any atom is 0.0206 e. The Bertz CT molecular complexity index is 522.